The van der Waals surface area contributed by atoms with Gasteiger partial charge in [-0.3, -0.25) is 9.69 Å². The van der Waals surface area contributed by atoms with E-state index in [1.54, 1.807) is 0 Å². The van der Waals surface area contributed by atoms with Crippen molar-refractivity contribution in [3.05, 3.63) is 26.6 Å². The lowest BCUT2D eigenvalue weighted by Gasteiger charge is -2.16. The zero-order valence-corrected chi connectivity index (χ0v) is 14.0. The highest BCUT2D eigenvalue weighted by atomic mass is 79.9. The minimum Gasteiger partial charge on any atom is -0.324 e. The molecule has 1 aromatic rings. The van der Waals surface area contributed by atoms with E-state index in [2.05, 4.69) is 43.2 Å². The van der Waals surface area contributed by atoms with Crippen LogP contribution in [0.25, 0.3) is 0 Å². The quantitative estimate of drug-likeness (QED) is 0.841. The van der Waals surface area contributed by atoms with Gasteiger partial charge in [-0.05, 0) is 47.6 Å². The fourth-order valence-electron chi connectivity index (χ4n) is 1.60. The molecule has 0 radical (unpaired) electrons. The van der Waals surface area contributed by atoms with Crippen LogP contribution in [-0.2, 0) is 4.79 Å². The number of benzene rings is 1. The Balaban J connectivity index is 2.65. The number of anilines is 1. The SMILES string of the molecule is Cc1cc(Br)cc(Br)c1NC(=O)CN(C)CCC#N. The Morgan fingerprint density at radius 3 is 2.74 bits per heavy atom. The number of carbonyl (C=O) groups is 1. The maximum atomic E-state index is 11.9. The van der Waals surface area contributed by atoms with E-state index in [9.17, 15) is 4.79 Å². The Bertz CT molecular complexity index is 488. The second-order valence-corrected chi connectivity index (χ2v) is 6.04. The summed E-state index contributed by atoms with van der Waals surface area (Å²) in [5.41, 5.74) is 1.76. The van der Waals surface area contributed by atoms with E-state index in [0.717, 1.165) is 20.2 Å². The van der Waals surface area contributed by atoms with Crippen molar-refractivity contribution in [3.8, 4) is 6.07 Å². The van der Waals surface area contributed by atoms with Crippen molar-refractivity contribution < 1.29 is 4.79 Å². The third-order valence-corrected chi connectivity index (χ3v) is 3.62. The molecule has 0 atom stereocenters. The van der Waals surface area contributed by atoms with Crippen molar-refractivity contribution in [1.29, 1.82) is 5.26 Å². The first-order chi connectivity index (χ1) is 8.93. The van der Waals surface area contributed by atoms with Crippen molar-refractivity contribution in [2.45, 2.75) is 13.3 Å². The van der Waals surface area contributed by atoms with Crippen molar-refractivity contribution in [2.24, 2.45) is 0 Å². The lowest BCUT2D eigenvalue weighted by atomic mass is 10.2. The molecule has 0 aliphatic rings. The molecule has 0 aliphatic carbocycles. The van der Waals surface area contributed by atoms with Crippen molar-refractivity contribution >= 4 is 43.5 Å². The number of halogens is 2. The molecule has 1 rings (SSSR count). The summed E-state index contributed by atoms with van der Waals surface area (Å²) < 4.78 is 1.80. The van der Waals surface area contributed by atoms with Gasteiger partial charge < -0.3 is 5.32 Å². The van der Waals surface area contributed by atoms with Crippen LogP contribution in [0.2, 0.25) is 0 Å². The van der Waals surface area contributed by atoms with Crippen LogP contribution in [0.3, 0.4) is 0 Å². The number of hydrogen-bond donors (Lipinski definition) is 1. The lowest BCUT2D eigenvalue weighted by Crippen LogP contribution is -2.31. The highest BCUT2D eigenvalue weighted by Gasteiger charge is 2.11. The van der Waals surface area contributed by atoms with Gasteiger partial charge in [-0.15, -0.1) is 0 Å². The Hall–Kier alpha value is -0.900. The van der Waals surface area contributed by atoms with Crippen LogP contribution in [0.15, 0.2) is 21.1 Å². The highest BCUT2D eigenvalue weighted by Crippen LogP contribution is 2.30. The molecule has 4 nitrogen and oxygen atoms in total. The van der Waals surface area contributed by atoms with Gasteiger partial charge in [0.05, 0.1) is 18.3 Å². The minimum atomic E-state index is -0.0911. The highest BCUT2D eigenvalue weighted by molar-refractivity contribution is 9.11. The number of hydrogen-bond acceptors (Lipinski definition) is 3. The molecule has 0 saturated carbocycles. The Labute approximate surface area is 130 Å². The Morgan fingerprint density at radius 2 is 2.16 bits per heavy atom. The minimum absolute atomic E-state index is 0.0911. The predicted molar refractivity (Wildman–Crippen MR) is 82.9 cm³/mol. The van der Waals surface area contributed by atoms with Crippen LogP contribution in [0, 0.1) is 18.3 Å². The first kappa shape index (κ1) is 16.2. The molecule has 102 valence electrons. The smallest absolute Gasteiger partial charge is 0.238 e. The summed E-state index contributed by atoms with van der Waals surface area (Å²) in [5, 5.41) is 11.4. The van der Waals surface area contributed by atoms with E-state index < -0.39 is 0 Å². The first-order valence-electron chi connectivity index (χ1n) is 5.75. The molecule has 0 saturated heterocycles. The van der Waals surface area contributed by atoms with Crippen LogP contribution in [0.4, 0.5) is 5.69 Å². The standard InChI is InChI=1S/C13H15Br2N3O/c1-9-6-10(14)7-11(15)13(9)17-12(19)8-18(2)5-3-4-16/h6-7H,3,5,8H2,1-2H3,(H,17,19). The third kappa shape index (κ3) is 5.31. The normalized spacial score (nSPS) is 10.3. The molecular weight excluding hydrogens is 374 g/mol. The number of nitrogens with one attached hydrogen (secondary N) is 1. The molecule has 1 amide bonds. The predicted octanol–water partition coefficient (Wildman–Crippen LogP) is 3.30. The molecule has 0 spiro atoms. The van der Waals surface area contributed by atoms with Gasteiger partial charge in [-0.1, -0.05) is 15.9 Å². The summed E-state index contributed by atoms with van der Waals surface area (Å²) in [5.74, 6) is -0.0911. The van der Waals surface area contributed by atoms with E-state index >= 15 is 0 Å². The number of nitrogens with zero attached hydrogens (tertiary/aromatic N) is 2. The fraction of sp³-hybridized carbons (Fsp3) is 0.385. The summed E-state index contributed by atoms with van der Waals surface area (Å²) in [6, 6.07) is 5.90. The largest absolute Gasteiger partial charge is 0.324 e. The number of rotatable bonds is 5. The van der Waals surface area contributed by atoms with Gasteiger partial charge in [0.1, 0.15) is 0 Å². The van der Waals surface area contributed by atoms with Crippen LogP contribution < -0.4 is 5.32 Å². The summed E-state index contributed by atoms with van der Waals surface area (Å²) in [6.45, 7) is 2.79. The van der Waals surface area contributed by atoms with Crippen LogP contribution in [-0.4, -0.2) is 30.9 Å². The number of nitriles is 1. The molecule has 0 heterocycles. The third-order valence-electron chi connectivity index (χ3n) is 2.54. The van der Waals surface area contributed by atoms with Gasteiger partial charge in [-0.2, -0.15) is 5.26 Å². The zero-order chi connectivity index (χ0) is 14.4. The average Bonchev–Trinajstić information content (AvgIpc) is 2.31. The van der Waals surface area contributed by atoms with E-state index in [-0.39, 0.29) is 12.5 Å². The molecule has 1 N–H and O–H groups in total. The maximum absolute atomic E-state index is 11.9. The molecule has 0 unspecified atom stereocenters. The molecule has 0 aromatic heterocycles. The first-order valence-corrected chi connectivity index (χ1v) is 7.33. The molecule has 0 fully saturated rings. The second kappa shape index (κ2) is 7.63. The van der Waals surface area contributed by atoms with Gasteiger partial charge in [0.25, 0.3) is 0 Å². The lowest BCUT2D eigenvalue weighted by molar-refractivity contribution is -0.117. The van der Waals surface area contributed by atoms with Crippen molar-refractivity contribution in [3.63, 3.8) is 0 Å². The average molecular weight is 389 g/mol. The number of aryl methyl sites for hydroxylation is 1. The van der Waals surface area contributed by atoms with E-state index in [4.69, 9.17) is 5.26 Å². The Kier molecular flexibility index (Phi) is 6.49. The van der Waals surface area contributed by atoms with Crippen molar-refractivity contribution in [2.75, 3.05) is 25.5 Å². The second-order valence-electron chi connectivity index (χ2n) is 4.27. The van der Waals surface area contributed by atoms with Gasteiger partial charge >= 0.3 is 0 Å². The van der Waals surface area contributed by atoms with Gasteiger partial charge in [-0.25, -0.2) is 0 Å². The molecule has 1 aromatic carbocycles. The molecule has 6 heteroatoms. The molecule has 19 heavy (non-hydrogen) atoms. The summed E-state index contributed by atoms with van der Waals surface area (Å²) in [6.07, 6.45) is 0.421. The van der Waals surface area contributed by atoms with Crippen LogP contribution in [0.5, 0.6) is 0 Å². The van der Waals surface area contributed by atoms with E-state index in [0.29, 0.717) is 13.0 Å². The van der Waals surface area contributed by atoms with Crippen LogP contribution >= 0.6 is 31.9 Å². The molecule has 0 aliphatic heterocycles. The van der Waals surface area contributed by atoms with E-state index in [1.807, 2.05) is 31.0 Å². The zero-order valence-electron chi connectivity index (χ0n) is 10.8. The number of likely N-dealkylation sites (N-methyl/N-ethyl adjacent to an activating group) is 1. The molecule has 0 bridgehead atoms. The number of amides is 1. The maximum Gasteiger partial charge on any atom is 0.238 e. The number of carbonyl (C=O) groups excluding carboxylic acids is 1. The van der Waals surface area contributed by atoms with Crippen LogP contribution in [0.1, 0.15) is 12.0 Å². The Morgan fingerprint density at radius 1 is 1.47 bits per heavy atom. The molecular formula is C13H15Br2N3O. The van der Waals surface area contributed by atoms with Gasteiger partial charge in [0.15, 0.2) is 0 Å². The summed E-state index contributed by atoms with van der Waals surface area (Å²) in [7, 11) is 1.82. The monoisotopic (exact) mass is 387 g/mol. The van der Waals surface area contributed by atoms with Crippen molar-refractivity contribution in [1.82, 2.24) is 4.90 Å². The van der Waals surface area contributed by atoms with E-state index in [1.165, 1.54) is 0 Å². The topological polar surface area (TPSA) is 56.1 Å². The summed E-state index contributed by atoms with van der Waals surface area (Å²) in [4.78, 5) is 13.7. The fourth-order valence-corrected chi connectivity index (χ4v) is 3.14. The van der Waals surface area contributed by atoms with Gasteiger partial charge in [0.2, 0.25) is 5.91 Å². The summed E-state index contributed by atoms with van der Waals surface area (Å²) >= 11 is 6.83. The van der Waals surface area contributed by atoms with Gasteiger partial charge in [0, 0.05) is 21.9 Å².